The number of rotatable bonds is 12. The molecule has 3 atom stereocenters. The molecule has 1 spiro atoms. The molecule has 0 bridgehead atoms. The van der Waals surface area contributed by atoms with Crippen LogP contribution in [0.5, 0.6) is 0 Å². The minimum atomic E-state index is -4.05. The van der Waals surface area contributed by atoms with Crippen LogP contribution >= 0.6 is 0 Å². The minimum Gasteiger partial charge on any atom is -0.377 e. The van der Waals surface area contributed by atoms with Crippen LogP contribution in [-0.4, -0.2) is 48.3 Å². The van der Waals surface area contributed by atoms with Crippen molar-refractivity contribution in [1.82, 2.24) is 10.1 Å². The number of carbonyl (C=O) groups is 1. The lowest BCUT2D eigenvalue weighted by Gasteiger charge is -2.25. The molecule has 1 aromatic heterocycles. The van der Waals surface area contributed by atoms with Crippen molar-refractivity contribution >= 4 is 27.6 Å². The predicted octanol–water partition coefficient (Wildman–Crippen LogP) is 7.42. The summed E-state index contributed by atoms with van der Waals surface area (Å²) >= 11 is 0. The van der Waals surface area contributed by atoms with Gasteiger partial charge in [0.05, 0.1) is 18.0 Å². The number of benzene rings is 2. The van der Waals surface area contributed by atoms with E-state index in [0.29, 0.717) is 48.3 Å². The third kappa shape index (κ3) is 6.46. The van der Waals surface area contributed by atoms with E-state index < -0.39 is 21.5 Å². The topological polar surface area (TPSA) is 114 Å². The molecule has 1 amide bonds. The first-order valence-corrected chi connectivity index (χ1v) is 17.9. The fourth-order valence-electron chi connectivity index (χ4n) is 7.43. The van der Waals surface area contributed by atoms with Crippen molar-refractivity contribution in [3.05, 3.63) is 64.9 Å². The largest absolute Gasteiger partial charge is 0.377 e. The molecule has 252 valence electrons. The molecule has 3 aliphatic rings. The van der Waals surface area contributed by atoms with Gasteiger partial charge in [-0.15, -0.1) is 0 Å². The molecule has 3 aromatic rings. The average molecular weight is 669 g/mol. The van der Waals surface area contributed by atoms with Crippen LogP contribution in [0.1, 0.15) is 81.2 Å². The van der Waals surface area contributed by atoms with Crippen molar-refractivity contribution in [2.24, 2.45) is 16.8 Å². The second-order valence-corrected chi connectivity index (χ2v) is 14.8. The van der Waals surface area contributed by atoms with Crippen LogP contribution in [0.4, 0.5) is 14.6 Å². The number of alkyl halides is 2. The molecule has 0 radical (unpaired) electrons. The lowest BCUT2D eigenvalue weighted by Crippen LogP contribution is -2.41. The summed E-state index contributed by atoms with van der Waals surface area (Å²) in [5.74, 6) is -1.76. The summed E-state index contributed by atoms with van der Waals surface area (Å²) < 4.78 is 69.1. The van der Waals surface area contributed by atoms with Gasteiger partial charge in [-0.25, -0.2) is 17.2 Å². The molecule has 9 nitrogen and oxygen atoms in total. The van der Waals surface area contributed by atoms with Crippen LogP contribution < -0.4 is 4.72 Å². The summed E-state index contributed by atoms with van der Waals surface area (Å²) in [6.07, 6.45) is 2.86. The number of unbranched alkanes of at least 4 members (excludes halogenated alkanes) is 1. The molecule has 6 rings (SSSR count). The van der Waals surface area contributed by atoms with E-state index in [1.54, 1.807) is 43.0 Å². The second-order valence-electron chi connectivity index (χ2n) is 13.2. The highest BCUT2D eigenvalue weighted by molar-refractivity contribution is 7.92. The number of sulfonamides is 1. The molecule has 2 aromatic carbocycles. The molecule has 47 heavy (non-hydrogen) atoms. The zero-order valence-corrected chi connectivity index (χ0v) is 28.1. The lowest BCUT2D eigenvalue weighted by atomic mass is 9.93. The molecule has 1 aliphatic heterocycles. The van der Waals surface area contributed by atoms with E-state index in [0.717, 1.165) is 29.8 Å². The maximum atomic E-state index is 14.1. The van der Waals surface area contributed by atoms with E-state index in [1.165, 1.54) is 0 Å². The summed E-state index contributed by atoms with van der Waals surface area (Å²) in [7, 11) is -4.05. The first-order chi connectivity index (χ1) is 22.4. The zero-order valence-electron chi connectivity index (χ0n) is 27.3. The first kappa shape index (κ1) is 33.3. The number of aliphatic imine (C=N–C) groups is 1. The number of amides is 1. The summed E-state index contributed by atoms with van der Waals surface area (Å²) in [5.41, 5.74) is 2.44. The highest BCUT2D eigenvalue weighted by Gasteiger charge is 2.61. The number of anilines is 1. The maximum absolute atomic E-state index is 14.1. The average Bonchev–Trinajstić information content (AvgIpc) is 3.70. The molecule has 2 saturated carbocycles. The number of ether oxygens (including phenoxy) is 1. The van der Waals surface area contributed by atoms with Crippen molar-refractivity contribution in [2.75, 3.05) is 11.3 Å². The van der Waals surface area contributed by atoms with Gasteiger partial charge in [-0.05, 0) is 74.6 Å². The van der Waals surface area contributed by atoms with E-state index in [9.17, 15) is 22.0 Å². The smallest absolute Gasteiger partial charge is 0.263 e. The monoisotopic (exact) mass is 668 g/mol. The van der Waals surface area contributed by atoms with Gasteiger partial charge in [0.25, 0.3) is 15.9 Å². The Morgan fingerprint density at radius 2 is 1.77 bits per heavy atom. The van der Waals surface area contributed by atoms with E-state index in [4.69, 9.17) is 14.3 Å². The molecule has 1 unspecified atom stereocenters. The summed E-state index contributed by atoms with van der Waals surface area (Å²) in [6, 6.07) is 12.5. The number of hydrogen-bond acceptors (Lipinski definition) is 7. The number of carbonyl (C=O) groups excluding carboxylic acids is 1. The number of aryl methyl sites for hydroxylation is 1. The van der Waals surface area contributed by atoms with Gasteiger partial charge in [0, 0.05) is 37.0 Å². The number of halogens is 2. The van der Waals surface area contributed by atoms with Crippen molar-refractivity contribution < 1.29 is 31.3 Å². The molecule has 2 heterocycles. The Bertz CT molecular complexity index is 1790. The minimum absolute atomic E-state index is 0.0774. The van der Waals surface area contributed by atoms with Gasteiger partial charge in [0.1, 0.15) is 17.1 Å². The van der Waals surface area contributed by atoms with E-state index >= 15 is 0 Å². The van der Waals surface area contributed by atoms with Crippen LogP contribution in [0.15, 0.2) is 56.9 Å². The van der Waals surface area contributed by atoms with Gasteiger partial charge >= 0.3 is 0 Å². The van der Waals surface area contributed by atoms with E-state index in [1.807, 2.05) is 25.1 Å². The summed E-state index contributed by atoms with van der Waals surface area (Å²) in [4.78, 5) is 20.9. The highest BCUT2D eigenvalue weighted by atomic mass is 32.2. The molecule has 12 heteroatoms. The zero-order chi connectivity index (χ0) is 33.6. The fraction of sp³-hybridized carbons (Fsp3) is 0.514. The van der Waals surface area contributed by atoms with Gasteiger partial charge in [-0.2, -0.15) is 0 Å². The summed E-state index contributed by atoms with van der Waals surface area (Å²) in [5, 5.41) is 3.87. The second kappa shape index (κ2) is 12.8. The first-order valence-electron chi connectivity index (χ1n) is 16.4. The molecule has 2 aliphatic carbocycles. The van der Waals surface area contributed by atoms with E-state index in [-0.39, 0.29) is 54.4 Å². The van der Waals surface area contributed by atoms with Crippen molar-refractivity contribution in [3.8, 4) is 11.1 Å². The van der Waals surface area contributed by atoms with Gasteiger partial charge in [0.15, 0.2) is 5.82 Å². The predicted molar refractivity (Wildman–Crippen MR) is 175 cm³/mol. The van der Waals surface area contributed by atoms with Gasteiger partial charge in [-0.1, -0.05) is 54.9 Å². The lowest BCUT2D eigenvalue weighted by molar-refractivity contribution is -0.132. The number of fused-ring (bicyclic) bond motifs is 1. The Balaban J connectivity index is 1.30. The Hall–Kier alpha value is -3.64. The van der Waals surface area contributed by atoms with Crippen LogP contribution in [-0.2, 0) is 32.7 Å². The highest BCUT2D eigenvalue weighted by Crippen LogP contribution is 2.57. The van der Waals surface area contributed by atoms with Crippen molar-refractivity contribution in [3.63, 3.8) is 0 Å². The Morgan fingerprint density at radius 1 is 1.04 bits per heavy atom. The Labute approximate surface area is 274 Å². The molecule has 1 N–H and O–H groups in total. The van der Waals surface area contributed by atoms with Gasteiger partial charge in [0.2, 0.25) is 5.92 Å². The molecular weight excluding hydrogens is 626 g/mol. The maximum Gasteiger partial charge on any atom is 0.263 e. The van der Waals surface area contributed by atoms with Crippen LogP contribution in [0, 0.1) is 25.7 Å². The number of nitrogens with one attached hydrogen (secondary N) is 1. The van der Waals surface area contributed by atoms with Crippen LogP contribution in [0.3, 0.4) is 0 Å². The molecule has 0 saturated heterocycles. The Kier molecular flexibility index (Phi) is 9.03. The number of aromatic nitrogens is 1. The van der Waals surface area contributed by atoms with E-state index in [2.05, 4.69) is 16.8 Å². The number of nitrogens with zero attached hydrogens (tertiary/aromatic N) is 3. The van der Waals surface area contributed by atoms with Gasteiger partial charge < -0.3 is 9.26 Å². The third-order valence-electron chi connectivity index (χ3n) is 9.87. The SMILES string of the molecule is CCCCC1=NC2(C[C@H]3CC(F)(F)C[C@H]3C2)C(=O)N1Cc1ccc(-c2ccccc2S(=O)(=O)Nc2noc(C)c2C)c(COCC)c1. The Morgan fingerprint density at radius 3 is 2.43 bits per heavy atom. The molecular formula is C35H42F2N4O5S. The number of hydrogen-bond donors (Lipinski definition) is 1. The fourth-order valence-corrected chi connectivity index (χ4v) is 8.71. The standard InChI is InChI=1S/C35H42F2N4O5S/c1-5-7-12-31-38-34(16-26-18-35(36,37)19-27(26)17-34)33(42)41(31)20-24-13-14-28(25(15-24)21-45-6-2)29-10-8-9-11-30(29)47(43,44)40-32-22(3)23(4)46-39-32/h8-11,13-15,26-27H,5-7,12,16-21H2,1-4H3,(H,39,40)/t26-,27+,34?. The van der Waals surface area contributed by atoms with Crippen molar-refractivity contribution in [1.29, 1.82) is 0 Å². The summed E-state index contributed by atoms with van der Waals surface area (Å²) in [6.45, 7) is 8.38. The molecule has 2 fully saturated rings. The normalized spacial score (nSPS) is 23.5. The number of amidine groups is 1. The van der Waals surface area contributed by atoms with Gasteiger partial charge in [-0.3, -0.25) is 19.4 Å². The quantitative estimate of drug-likeness (QED) is 0.215. The third-order valence-corrected chi connectivity index (χ3v) is 11.3. The van der Waals surface area contributed by atoms with Crippen molar-refractivity contribution in [2.45, 2.75) is 102 Å². The van der Waals surface area contributed by atoms with Crippen LogP contribution in [0.2, 0.25) is 0 Å². The van der Waals surface area contributed by atoms with Crippen LogP contribution in [0.25, 0.3) is 11.1 Å².